The number of halogens is 3. The van der Waals surface area contributed by atoms with E-state index >= 15 is 0 Å². The quantitative estimate of drug-likeness (QED) is 0.440. The molecular weight excluding hydrogens is 419 g/mol. The van der Waals surface area contributed by atoms with Gasteiger partial charge >= 0.3 is 6.18 Å². The SMILES string of the molecule is O=c1cc(-c2nn(-c3ccc(C(F)(F)F)cc3)c3ccccc23)ccn1C1CCOCC1. The first-order valence-corrected chi connectivity index (χ1v) is 10.4. The lowest BCUT2D eigenvalue weighted by atomic mass is 10.1. The molecule has 1 aliphatic rings. The maximum absolute atomic E-state index is 12.9. The van der Waals surface area contributed by atoms with Crippen LogP contribution in [0.3, 0.4) is 0 Å². The molecule has 0 saturated carbocycles. The van der Waals surface area contributed by atoms with E-state index < -0.39 is 11.7 Å². The zero-order chi connectivity index (χ0) is 22.3. The van der Waals surface area contributed by atoms with E-state index in [0.717, 1.165) is 35.9 Å². The highest BCUT2D eigenvalue weighted by atomic mass is 19.4. The minimum atomic E-state index is -4.40. The van der Waals surface area contributed by atoms with E-state index in [0.29, 0.717) is 30.2 Å². The Kier molecular flexibility index (Phi) is 5.09. The lowest BCUT2D eigenvalue weighted by Crippen LogP contribution is -2.28. The van der Waals surface area contributed by atoms with E-state index in [1.807, 2.05) is 30.3 Å². The highest BCUT2D eigenvalue weighted by Gasteiger charge is 2.30. The molecule has 5 nitrogen and oxygen atoms in total. The maximum Gasteiger partial charge on any atom is 0.416 e. The van der Waals surface area contributed by atoms with Crippen LogP contribution in [0.4, 0.5) is 13.2 Å². The molecule has 0 unspecified atom stereocenters. The van der Waals surface area contributed by atoms with Crippen molar-refractivity contribution >= 4 is 10.9 Å². The fraction of sp³-hybridized carbons (Fsp3) is 0.250. The molecule has 0 radical (unpaired) electrons. The molecule has 0 bridgehead atoms. The first-order valence-electron chi connectivity index (χ1n) is 10.4. The number of hydrogen-bond acceptors (Lipinski definition) is 3. The molecule has 4 aromatic rings. The zero-order valence-electron chi connectivity index (χ0n) is 17.0. The van der Waals surface area contributed by atoms with Gasteiger partial charge in [-0.25, -0.2) is 4.68 Å². The van der Waals surface area contributed by atoms with Crippen molar-refractivity contribution in [1.82, 2.24) is 14.3 Å². The van der Waals surface area contributed by atoms with Crippen molar-refractivity contribution in [2.75, 3.05) is 13.2 Å². The predicted octanol–water partition coefficient (Wildman–Crippen LogP) is 5.22. The number of nitrogens with zero attached hydrogens (tertiary/aromatic N) is 3. The van der Waals surface area contributed by atoms with Gasteiger partial charge in [0.25, 0.3) is 5.56 Å². The molecule has 0 atom stereocenters. The van der Waals surface area contributed by atoms with Crippen LogP contribution in [-0.2, 0) is 10.9 Å². The van der Waals surface area contributed by atoms with E-state index in [9.17, 15) is 18.0 Å². The monoisotopic (exact) mass is 439 g/mol. The Bertz CT molecular complexity index is 1320. The van der Waals surface area contributed by atoms with Crippen LogP contribution in [0.1, 0.15) is 24.4 Å². The lowest BCUT2D eigenvalue weighted by Gasteiger charge is -2.24. The number of benzene rings is 2. The van der Waals surface area contributed by atoms with Crippen molar-refractivity contribution in [3.63, 3.8) is 0 Å². The first-order chi connectivity index (χ1) is 15.4. The van der Waals surface area contributed by atoms with E-state index in [1.54, 1.807) is 21.5 Å². The summed E-state index contributed by atoms with van der Waals surface area (Å²) in [5.41, 5.74) is 1.71. The van der Waals surface area contributed by atoms with Gasteiger partial charge in [0, 0.05) is 42.5 Å². The summed E-state index contributed by atoms with van der Waals surface area (Å²) in [5.74, 6) is 0. The number of para-hydroxylation sites is 1. The molecule has 1 saturated heterocycles. The van der Waals surface area contributed by atoms with Crippen LogP contribution in [0.25, 0.3) is 27.8 Å². The summed E-state index contributed by atoms with van der Waals surface area (Å²) in [4.78, 5) is 12.8. The maximum atomic E-state index is 12.9. The molecule has 2 aromatic carbocycles. The molecule has 3 heterocycles. The summed E-state index contributed by atoms with van der Waals surface area (Å²) in [5, 5.41) is 5.49. The molecule has 164 valence electrons. The summed E-state index contributed by atoms with van der Waals surface area (Å²) >= 11 is 0. The summed E-state index contributed by atoms with van der Waals surface area (Å²) in [6, 6.07) is 15.9. The Morgan fingerprint density at radius 2 is 1.69 bits per heavy atom. The summed E-state index contributed by atoms with van der Waals surface area (Å²) in [6.45, 7) is 1.28. The number of rotatable bonds is 3. The zero-order valence-corrected chi connectivity index (χ0v) is 17.0. The van der Waals surface area contributed by atoms with Crippen molar-refractivity contribution in [1.29, 1.82) is 0 Å². The van der Waals surface area contributed by atoms with Crippen LogP contribution in [0.15, 0.2) is 71.7 Å². The first kappa shape index (κ1) is 20.5. The van der Waals surface area contributed by atoms with Crippen molar-refractivity contribution in [2.45, 2.75) is 25.1 Å². The molecule has 1 aliphatic heterocycles. The number of alkyl halides is 3. The standard InChI is InChI=1S/C24H20F3N3O2/c25-24(26,27)17-5-7-19(8-6-17)30-21-4-2-1-3-20(21)23(28-30)16-9-12-29(22(31)15-16)18-10-13-32-14-11-18/h1-9,12,15,18H,10-11,13-14H2. The predicted molar refractivity (Wildman–Crippen MR) is 115 cm³/mol. The van der Waals surface area contributed by atoms with Crippen molar-refractivity contribution in [3.05, 3.63) is 82.8 Å². The molecule has 5 rings (SSSR count). The van der Waals surface area contributed by atoms with Crippen LogP contribution < -0.4 is 5.56 Å². The van der Waals surface area contributed by atoms with Gasteiger partial charge in [-0.15, -0.1) is 0 Å². The molecule has 8 heteroatoms. The molecule has 0 aliphatic carbocycles. The molecule has 0 spiro atoms. The van der Waals surface area contributed by atoms with Gasteiger partial charge < -0.3 is 9.30 Å². The summed E-state index contributed by atoms with van der Waals surface area (Å²) < 4.78 is 47.6. The van der Waals surface area contributed by atoms with E-state index in [1.165, 1.54) is 12.1 Å². The highest BCUT2D eigenvalue weighted by Crippen LogP contribution is 2.32. The second-order valence-corrected chi connectivity index (χ2v) is 7.83. The Morgan fingerprint density at radius 1 is 0.969 bits per heavy atom. The van der Waals surface area contributed by atoms with Gasteiger partial charge in [0.15, 0.2) is 0 Å². The van der Waals surface area contributed by atoms with Gasteiger partial charge in [-0.3, -0.25) is 4.79 Å². The second kappa shape index (κ2) is 7.94. The number of aromatic nitrogens is 3. The van der Waals surface area contributed by atoms with Crippen molar-refractivity contribution < 1.29 is 17.9 Å². The Hall–Kier alpha value is -3.39. The topological polar surface area (TPSA) is 49.0 Å². The van der Waals surface area contributed by atoms with Crippen LogP contribution >= 0.6 is 0 Å². The van der Waals surface area contributed by atoms with Gasteiger partial charge in [-0.05, 0) is 49.2 Å². The average molecular weight is 439 g/mol. The Labute approximate surface area is 181 Å². The molecule has 1 fully saturated rings. The van der Waals surface area contributed by atoms with Gasteiger partial charge in [0.2, 0.25) is 0 Å². The van der Waals surface area contributed by atoms with Crippen LogP contribution in [0, 0.1) is 0 Å². The van der Waals surface area contributed by atoms with Crippen LogP contribution in [0.5, 0.6) is 0 Å². The minimum absolute atomic E-state index is 0.109. The number of hydrogen-bond donors (Lipinski definition) is 0. The van der Waals surface area contributed by atoms with Crippen molar-refractivity contribution in [3.8, 4) is 16.9 Å². The van der Waals surface area contributed by atoms with Gasteiger partial charge in [-0.2, -0.15) is 18.3 Å². The molecule has 0 N–H and O–H groups in total. The third kappa shape index (κ3) is 3.71. The lowest BCUT2D eigenvalue weighted by molar-refractivity contribution is -0.137. The van der Waals surface area contributed by atoms with Crippen molar-refractivity contribution in [2.24, 2.45) is 0 Å². The fourth-order valence-electron chi connectivity index (χ4n) is 4.17. The van der Waals surface area contributed by atoms with Crippen LogP contribution in [0.2, 0.25) is 0 Å². The highest BCUT2D eigenvalue weighted by molar-refractivity contribution is 5.94. The molecule has 32 heavy (non-hydrogen) atoms. The van der Waals surface area contributed by atoms with E-state index in [4.69, 9.17) is 4.74 Å². The molecular formula is C24H20F3N3O2. The third-order valence-corrected chi connectivity index (χ3v) is 5.83. The second-order valence-electron chi connectivity index (χ2n) is 7.83. The molecule has 2 aromatic heterocycles. The minimum Gasteiger partial charge on any atom is -0.381 e. The number of pyridine rings is 1. The average Bonchev–Trinajstić information content (AvgIpc) is 3.19. The van der Waals surface area contributed by atoms with E-state index in [-0.39, 0.29) is 11.6 Å². The third-order valence-electron chi connectivity index (χ3n) is 5.83. The largest absolute Gasteiger partial charge is 0.416 e. The fourth-order valence-corrected chi connectivity index (χ4v) is 4.17. The number of ether oxygens (including phenoxy) is 1. The normalized spacial score (nSPS) is 15.3. The van der Waals surface area contributed by atoms with Crippen LogP contribution in [-0.4, -0.2) is 27.6 Å². The smallest absolute Gasteiger partial charge is 0.381 e. The molecule has 0 amide bonds. The van der Waals surface area contributed by atoms with E-state index in [2.05, 4.69) is 5.10 Å². The van der Waals surface area contributed by atoms with Gasteiger partial charge in [-0.1, -0.05) is 18.2 Å². The Balaban J connectivity index is 1.57. The van der Waals surface area contributed by atoms with Gasteiger partial charge in [0.05, 0.1) is 16.8 Å². The summed E-state index contributed by atoms with van der Waals surface area (Å²) in [7, 11) is 0. The summed E-state index contributed by atoms with van der Waals surface area (Å²) in [6.07, 6.45) is -1.01. The van der Waals surface area contributed by atoms with Gasteiger partial charge in [0.1, 0.15) is 5.69 Å². The number of fused-ring (bicyclic) bond motifs is 1. The Morgan fingerprint density at radius 3 is 2.38 bits per heavy atom.